The molecule has 4 atom stereocenters. The lowest BCUT2D eigenvalue weighted by molar-refractivity contribution is -0.146. The summed E-state index contributed by atoms with van der Waals surface area (Å²) in [4.78, 5) is 23.8. The van der Waals surface area contributed by atoms with Crippen LogP contribution in [-0.4, -0.2) is 17.9 Å². The molecule has 3 aliphatic rings. The Kier molecular flexibility index (Phi) is 1.94. The fourth-order valence-corrected chi connectivity index (χ4v) is 4.20. The monoisotopic (exact) mass is 234 g/mol. The minimum atomic E-state index is -0.568. The Morgan fingerprint density at radius 2 is 2.00 bits per heavy atom. The molecule has 1 aliphatic heterocycles. The SMILES string of the molecule is CC1(C)CC[C@@H]2OC(=O)[C@@H]3C(=O)C=C[C@@H]1[C@@]32C. The maximum absolute atomic E-state index is 11.9. The number of ether oxygens (including phenoxy) is 1. The van der Waals surface area contributed by atoms with Crippen LogP contribution in [-0.2, 0) is 14.3 Å². The third-order valence-electron chi connectivity index (χ3n) is 5.11. The first-order valence-corrected chi connectivity index (χ1v) is 6.30. The fraction of sp³-hybridized carbons (Fsp3) is 0.714. The molecule has 0 bridgehead atoms. The molecule has 0 spiro atoms. The van der Waals surface area contributed by atoms with E-state index in [4.69, 9.17) is 4.74 Å². The van der Waals surface area contributed by atoms with Crippen LogP contribution in [0.3, 0.4) is 0 Å². The number of allylic oxidation sites excluding steroid dienone is 2. The molecule has 1 heterocycles. The van der Waals surface area contributed by atoms with Gasteiger partial charge < -0.3 is 4.74 Å². The van der Waals surface area contributed by atoms with E-state index in [2.05, 4.69) is 20.8 Å². The number of carbonyl (C=O) groups excluding carboxylic acids is 2. The Hall–Kier alpha value is -1.12. The second-order valence-corrected chi connectivity index (χ2v) is 6.49. The number of carbonyl (C=O) groups is 2. The van der Waals surface area contributed by atoms with Gasteiger partial charge in [-0.2, -0.15) is 0 Å². The third-order valence-corrected chi connectivity index (χ3v) is 5.11. The molecule has 17 heavy (non-hydrogen) atoms. The summed E-state index contributed by atoms with van der Waals surface area (Å²) in [6.45, 7) is 6.50. The molecule has 2 fully saturated rings. The van der Waals surface area contributed by atoms with Crippen LogP contribution in [0.15, 0.2) is 12.2 Å². The molecule has 0 aromatic carbocycles. The van der Waals surface area contributed by atoms with Gasteiger partial charge in [-0.05, 0) is 30.3 Å². The zero-order valence-electron chi connectivity index (χ0n) is 10.5. The van der Waals surface area contributed by atoms with Gasteiger partial charge in [-0.15, -0.1) is 0 Å². The van der Waals surface area contributed by atoms with Gasteiger partial charge >= 0.3 is 5.97 Å². The van der Waals surface area contributed by atoms with Crippen molar-refractivity contribution in [2.24, 2.45) is 22.7 Å². The van der Waals surface area contributed by atoms with Crippen LogP contribution in [0.5, 0.6) is 0 Å². The molecule has 0 aromatic heterocycles. The Morgan fingerprint density at radius 3 is 2.71 bits per heavy atom. The average molecular weight is 234 g/mol. The average Bonchev–Trinajstić information content (AvgIpc) is 2.47. The van der Waals surface area contributed by atoms with E-state index in [0.717, 1.165) is 12.8 Å². The Labute approximate surface area is 101 Å². The Morgan fingerprint density at radius 1 is 1.29 bits per heavy atom. The zero-order chi connectivity index (χ0) is 12.4. The van der Waals surface area contributed by atoms with Crippen molar-refractivity contribution in [1.82, 2.24) is 0 Å². The smallest absolute Gasteiger partial charge is 0.317 e. The van der Waals surface area contributed by atoms with Gasteiger partial charge in [-0.3, -0.25) is 9.59 Å². The summed E-state index contributed by atoms with van der Waals surface area (Å²) in [5, 5.41) is 0. The van der Waals surface area contributed by atoms with Crippen LogP contribution >= 0.6 is 0 Å². The molecule has 3 nitrogen and oxygen atoms in total. The summed E-state index contributed by atoms with van der Waals surface area (Å²) < 4.78 is 5.45. The molecule has 1 saturated carbocycles. The largest absolute Gasteiger partial charge is 0.461 e. The van der Waals surface area contributed by atoms with Crippen molar-refractivity contribution in [2.45, 2.75) is 39.7 Å². The molecule has 2 aliphatic carbocycles. The van der Waals surface area contributed by atoms with E-state index in [9.17, 15) is 9.59 Å². The highest BCUT2D eigenvalue weighted by Crippen LogP contribution is 2.60. The number of rotatable bonds is 0. The minimum absolute atomic E-state index is 0.0750. The van der Waals surface area contributed by atoms with E-state index >= 15 is 0 Å². The summed E-state index contributed by atoms with van der Waals surface area (Å²) in [5.41, 5.74) is -0.195. The van der Waals surface area contributed by atoms with Crippen molar-refractivity contribution in [3.8, 4) is 0 Å². The first-order chi connectivity index (χ1) is 7.87. The molecular weight excluding hydrogens is 216 g/mol. The summed E-state index contributed by atoms with van der Waals surface area (Å²) in [6, 6.07) is 0. The molecule has 1 saturated heterocycles. The van der Waals surface area contributed by atoms with Gasteiger partial charge in [-0.1, -0.05) is 26.8 Å². The van der Waals surface area contributed by atoms with Crippen LogP contribution in [0, 0.1) is 22.7 Å². The minimum Gasteiger partial charge on any atom is -0.461 e. The van der Waals surface area contributed by atoms with Crippen LogP contribution in [0.4, 0.5) is 0 Å². The molecule has 0 N–H and O–H groups in total. The lowest BCUT2D eigenvalue weighted by atomic mass is 9.50. The van der Waals surface area contributed by atoms with Crippen molar-refractivity contribution >= 4 is 11.8 Å². The Bertz CT molecular complexity index is 435. The first kappa shape index (κ1) is 11.0. The number of hydrogen-bond acceptors (Lipinski definition) is 3. The fourth-order valence-electron chi connectivity index (χ4n) is 4.20. The number of esters is 1. The highest BCUT2D eigenvalue weighted by atomic mass is 16.6. The lowest BCUT2D eigenvalue weighted by Crippen LogP contribution is -2.53. The van der Waals surface area contributed by atoms with Gasteiger partial charge in [0.15, 0.2) is 5.78 Å². The molecule has 3 heteroatoms. The molecule has 0 unspecified atom stereocenters. The van der Waals surface area contributed by atoms with Crippen molar-refractivity contribution in [3.63, 3.8) is 0 Å². The second-order valence-electron chi connectivity index (χ2n) is 6.49. The third kappa shape index (κ3) is 1.17. The topological polar surface area (TPSA) is 43.4 Å². The highest BCUT2D eigenvalue weighted by Gasteiger charge is 2.65. The maximum Gasteiger partial charge on any atom is 0.317 e. The van der Waals surface area contributed by atoms with E-state index in [1.165, 1.54) is 0 Å². The number of ketones is 1. The van der Waals surface area contributed by atoms with Gasteiger partial charge in [0.25, 0.3) is 0 Å². The van der Waals surface area contributed by atoms with E-state index < -0.39 is 5.92 Å². The summed E-state index contributed by atoms with van der Waals surface area (Å²) in [5.74, 6) is -0.700. The quantitative estimate of drug-likeness (QED) is 0.476. The summed E-state index contributed by atoms with van der Waals surface area (Å²) >= 11 is 0. The van der Waals surface area contributed by atoms with Gasteiger partial charge in [0.05, 0.1) is 0 Å². The lowest BCUT2D eigenvalue weighted by Gasteiger charge is -2.52. The second kappa shape index (κ2) is 3.01. The van der Waals surface area contributed by atoms with Crippen LogP contribution < -0.4 is 0 Å². The highest BCUT2D eigenvalue weighted by molar-refractivity contribution is 6.07. The van der Waals surface area contributed by atoms with Crippen LogP contribution in [0.2, 0.25) is 0 Å². The van der Waals surface area contributed by atoms with E-state index in [1.807, 2.05) is 6.08 Å². The summed E-state index contributed by atoms with van der Waals surface area (Å²) in [6.07, 6.45) is 5.44. The van der Waals surface area contributed by atoms with E-state index in [1.54, 1.807) is 6.08 Å². The van der Waals surface area contributed by atoms with Gasteiger partial charge in [0.1, 0.15) is 12.0 Å². The van der Waals surface area contributed by atoms with Crippen molar-refractivity contribution in [1.29, 1.82) is 0 Å². The molecule has 0 radical (unpaired) electrons. The zero-order valence-corrected chi connectivity index (χ0v) is 10.5. The predicted molar refractivity (Wildman–Crippen MR) is 62.1 cm³/mol. The molecular formula is C14H18O3. The van der Waals surface area contributed by atoms with Crippen LogP contribution in [0.1, 0.15) is 33.6 Å². The summed E-state index contributed by atoms with van der Waals surface area (Å²) in [7, 11) is 0. The van der Waals surface area contributed by atoms with Gasteiger partial charge in [0, 0.05) is 5.41 Å². The van der Waals surface area contributed by atoms with Crippen LogP contribution in [0.25, 0.3) is 0 Å². The van der Waals surface area contributed by atoms with Crippen molar-refractivity contribution < 1.29 is 14.3 Å². The van der Waals surface area contributed by atoms with E-state index in [-0.39, 0.29) is 34.6 Å². The predicted octanol–water partition coefficient (Wildman–Crippen LogP) is 2.11. The van der Waals surface area contributed by atoms with Crippen molar-refractivity contribution in [3.05, 3.63) is 12.2 Å². The first-order valence-electron chi connectivity index (χ1n) is 6.30. The molecule has 3 rings (SSSR count). The van der Waals surface area contributed by atoms with E-state index in [0.29, 0.717) is 0 Å². The Balaban J connectivity index is 2.17. The molecule has 0 aromatic rings. The normalized spacial score (nSPS) is 46.6. The van der Waals surface area contributed by atoms with Gasteiger partial charge in [0.2, 0.25) is 0 Å². The maximum atomic E-state index is 11.9. The van der Waals surface area contributed by atoms with Crippen molar-refractivity contribution in [2.75, 3.05) is 0 Å². The standard InChI is InChI=1S/C14H18O3/c1-13(2)7-6-10-14(3)9(13)5-4-8(15)11(14)12(16)17-10/h4-5,9-11H,6-7H2,1-3H3/t9-,10-,11-,14+/m0/s1. The number of hydrogen-bond donors (Lipinski definition) is 0. The molecule has 0 amide bonds. The van der Waals surface area contributed by atoms with Gasteiger partial charge in [-0.25, -0.2) is 0 Å². The molecule has 92 valence electrons.